The van der Waals surface area contributed by atoms with E-state index in [1.54, 1.807) is 6.07 Å². The molecular formula is C14H13ClN2O3S. The van der Waals surface area contributed by atoms with E-state index in [2.05, 4.69) is 10.3 Å². The van der Waals surface area contributed by atoms with Gasteiger partial charge in [0.15, 0.2) is 9.84 Å². The summed E-state index contributed by atoms with van der Waals surface area (Å²) >= 11 is 6.15. The van der Waals surface area contributed by atoms with E-state index in [4.69, 9.17) is 11.6 Å². The second-order valence-corrected chi connectivity index (χ2v) is 7.72. The van der Waals surface area contributed by atoms with Gasteiger partial charge in [-0.15, -0.1) is 0 Å². The van der Waals surface area contributed by atoms with Gasteiger partial charge >= 0.3 is 0 Å². The van der Waals surface area contributed by atoms with Crippen molar-refractivity contribution in [2.24, 2.45) is 0 Å². The fourth-order valence-electron chi connectivity index (χ4n) is 2.42. The Morgan fingerprint density at radius 3 is 2.81 bits per heavy atom. The first-order chi connectivity index (χ1) is 9.94. The number of aromatic nitrogens is 1. The van der Waals surface area contributed by atoms with Crippen molar-refractivity contribution in [1.82, 2.24) is 10.3 Å². The average Bonchev–Trinajstić information content (AvgIpc) is 2.78. The number of rotatable bonds is 2. The molecule has 5 nitrogen and oxygen atoms in total. The van der Waals surface area contributed by atoms with Crippen LogP contribution in [0.4, 0.5) is 0 Å². The molecule has 1 atom stereocenters. The van der Waals surface area contributed by atoms with Crippen LogP contribution in [0.3, 0.4) is 0 Å². The maximum atomic E-state index is 12.2. The van der Waals surface area contributed by atoms with Crippen LogP contribution >= 0.6 is 11.6 Å². The first-order valence-electron chi connectivity index (χ1n) is 6.51. The van der Waals surface area contributed by atoms with E-state index in [1.165, 1.54) is 6.07 Å². The summed E-state index contributed by atoms with van der Waals surface area (Å²) in [6.45, 7) is 0. The molecule has 7 heteroatoms. The minimum absolute atomic E-state index is 0.0138. The van der Waals surface area contributed by atoms with Gasteiger partial charge in [0.05, 0.1) is 22.0 Å². The average molecular weight is 325 g/mol. The Morgan fingerprint density at radius 1 is 1.33 bits per heavy atom. The monoisotopic (exact) mass is 324 g/mol. The van der Waals surface area contributed by atoms with Gasteiger partial charge in [-0.1, -0.05) is 29.8 Å². The number of para-hydroxylation sites is 1. The van der Waals surface area contributed by atoms with E-state index in [0.29, 0.717) is 17.0 Å². The highest BCUT2D eigenvalue weighted by Crippen LogP contribution is 2.23. The zero-order valence-electron chi connectivity index (χ0n) is 11.0. The van der Waals surface area contributed by atoms with Crippen LogP contribution in [-0.4, -0.2) is 36.9 Å². The number of carbonyl (C=O) groups is 1. The fraction of sp³-hybridized carbons (Fsp3) is 0.286. The van der Waals surface area contributed by atoms with Crippen LogP contribution in [0.2, 0.25) is 5.02 Å². The maximum absolute atomic E-state index is 12.2. The molecule has 1 unspecified atom stereocenters. The summed E-state index contributed by atoms with van der Waals surface area (Å²) in [7, 11) is -3.03. The zero-order chi connectivity index (χ0) is 15.0. The predicted molar refractivity (Wildman–Crippen MR) is 81.3 cm³/mol. The third kappa shape index (κ3) is 3.01. The summed E-state index contributed by atoms with van der Waals surface area (Å²) in [6, 6.07) is 8.42. The molecule has 110 valence electrons. The number of hydrogen-bond acceptors (Lipinski definition) is 4. The van der Waals surface area contributed by atoms with Gasteiger partial charge in [-0.05, 0) is 18.6 Å². The molecule has 2 aromatic rings. The van der Waals surface area contributed by atoms with Crippen LogP contribution in [0.15, 0.2) is 30.3 Å². The molecule has 1 amide bonds. The Hall–Kier alpha value is -1.66. The number of carbonyl (C=O) groups excluding carboxylic acids is 1. The predicted octanol–water partition coefficient (Wildman–Crippen LogP) is 1.81. The highest BCUT2D eigenvalue weighted by atomic mass is 35.5. The molecule has 0 saturated carbocycles. The number of nitrogens with one attached hydrogen (secondary N) is 1. The highest BCUT2D eigenvalue weighted by Gasteiger charge is 2.29. The number of nitrogens with zero attached hydrogens (tertiary/aromatic N) is 1. The summed E-state index contributed by atoms with van der Waals surface area (Å²) in [5.41, 5.74) is 0.831. The van der Waals surface area contributed by atoms with Crippen LogP contribution in [0.5, 0.6) is 0 Å². The number of halogens is 1. The first kappa shape index (κ1) is 14.3. The molecule has 3 rings (SSSR count). The molecule has 1 aliphatic rings. The van der Waals surface area contributed by atoms with Gasteiger partial charge in [-0.3, -0.25) is 4.79 Å². The van der Waals surface area contributed by atoms with E-state index in [9.17, 15) is 13.2 Å². The number of benzene rings is 1. The molecule has 2 heterocycles. The van der Waals surface area contributed by atoms with E-state index in [0.717, 1.165) is 5.39 Å². The normalized spacial score (nSPS) is 20.5. The molecule has 1 aromatic heterocycles. The zero-order valence-corrected chi connectivity index (χ0v) is 12.6. The van der Waals surface area contributed by atoms with E-state index in [-0.39, 0.29) is 23.2 Å². The van der Waals surface area contributed by atoms with Gasteiger partial charge in [-0.2, -0.15) is 0 Å². The van der Waals surface area contributed by atoms with Crippen molar-refractivity contribution in [2.75, 3.05) is 11.5 Å². The lowest BCUT2D eigenvalue weighted by Crippen LogP contribution is -2.36. The van der Waals surface area contributed by atoms with Gasteiger partial charge in [0.1, 0.15) is 5.69 Å². The van der Waals surface area contributed by atoms with Crippen LogP contribution in [0.25, 0.3) is 10.9 Å². The van der Waals surface area contributed by atoms with Crippen molar-refractivity contribution in [3.63, 3.8) is 0 Å². The highest BCUT2D eigenvalue weighted by molar-refractivity contribution is 7.91. The third-order valence-electron chi connectivity index (χ3n) is 3.47. The van der Waals surface area contributed by atoms with E-state index in [1.807, 2.05) is 18.2 Å². The minimum Gasteiger partial charge on any atom is -0.347 e. The molecule has 0 bridgehead atoms. The Balaban J connectivity index is 1.85. The Kier molecular flexibility index (Phi) is 3.59. The summed E-state index contributed by atoms with van der Waals surface area (Å²) in [5.74, 6) is -0.297. The lowest BCUT2D eigenvalue weighted by atomic mass is 10.2. The van der Waals surface area contributed by atoms with Crippen molar-refractivity contribution in [3.8, 4) is 0 Å². The van der Waals surface area contributed by atoms with Gasteiger partial charge in [-0.25, -0.2) is 13.4 Å². The topological polar surface area (TPSA) is 76.1 Å². The van der Waals surface area contributed by atoms with Crippen molar-refractivity contribution in [2.45, 2.75) is 12.5 Å². The summed E-state index contributed by atoms with van der Waals surface area (Å²) in [6.07, 6.45) is 0.440. The first-order valence-corrected chi connectivity index (χ1v) is 8.71. The van der Waals surface area contributed by atoms with Crippen LogP contribution < -0.4 is 5.32 Å². The van der Waals surface area contributed by atoms with Crippen LogP contribution in [0, 0.1) is 0 Å². The molecule has 21 heavy (non-hydrogen) atoms. The Morgan fingerprint density at radius 2 is 2.10 bits per heavy atom. The number of pyridine rings is 1. The molecule has 1 saturated heterocycles. The number of fused-ring (bicyclic) bond motifs is 1. The van der Waals surface area contributed by atoms with Crippen molar-refractivity contribution < 1.29 is 13.2 Å². The second kappa shape index (κ2) is 5.27. The SMILES string of the molecule is O=C(NC1CCS(=O)(=O)C1)c1cc(Cl)c2ccccc2n1. The lowest BCUT2D eigenvalue weighted by molar-refractivity contribution is 0.0936. The standard InChI is InChI=1S/C14H13ClN2O3S/c15-11-7-13(17-12-4-2-1-3-10(11)12)14(18)16-9-5-6-21(19,20)8-9/h1-4,7,9H,5-6,8H2,(H,16,18). The van der Waals surface area contributed by atoms with Gasteiger partial charge in [0.2, 0.25) is 0 Å². The molecular weight excluding hydrogens is 312 g/mol. The number of amides is 1. The molecule has 0 radical (unpaired) electrons. The van der Waals surface area contributed by atoms with Crippen molar-refractivity contribution in [3.05, 3.63) is 41.0 Å². The maximum Gasteiger partial charge on any atom is 0.270 e. The van der Waals surface area contributed by atoms with Gasteiger partial charge < -0.3 is 5.32 Å². The van der Waals surface area contributed by atoms with Crippen LogP contribution in [0.1, 0.15) is 16.9 Å². The van der Waals surface area contributed by atoms with Crippen molar-refractivity contribution in [1.29, 1.82) is 0 Å². The number of sulfone groups is 1. The molecule has 1 aromatic carbocycles. The smallest absolute Gasteiger partial charge is 0.270 e. The second-order valence-electron chi connectivity index (χ2n) is 5.08. The van der Waals surface area contributed by atoms with E-state index >= 15 is 0 Å². The largest absolute Gasteiger partial charge is 0.347 e. The van der Waals surface area contributed by atoms with Crippen LogP contribution in [-0.2, 0) is 9.84 Å². The van der Waals surface area contributed by atoms with Gasteiger partial charge in [0, 0.05) is 11.4 Å². The van der Waals surface area contributed by atoms with E-state index < -0.39 is 15.7 Å². The summed E-state index contributed by atoms with van der Waals surface area (Å²) in [4.78, 5) is 16.4. The molecule has 1 N–H and O–H groups in total. The Bertz CT molecular complexity index is 820. The lowest BCUT2D eigenvalue weighted by Gasteiger charge is -2.11. The third-order valence-corrected chi connectivity index (χ3v) is 5.55. The number of hydrogen-bond donors (Lipinski definition) is 1. The quantitative estimate of drug-likeness (QED) is 0.914. The minimum atomic E-state index is -3.03. The molecule has 0 spiro atoms. The summed E-state index contributed by atoms with van der Waals surface area (Å²) in [5, 5.41) is 3.93. The fourth-order valence-corrected chi connectivity index (χ4v) is 4.35. The van der Waals surface area contributed by atoms with Gasteiger partial charge in [0.25, 0.3) is 5.91 Å². The molecule has 1 aliphatic heterocycles. The molecule has 1 fully saturated rings. The molecule has 0 aliphatic carbocycles. The summed E-state index contributed by atoms with van der Waals surface area (Å²) < 4.78 is 22.8. The van der Waals surface area contributed by atoms with Crippen molar-refractivity contribution >= 4 is 38.2 Å². The Labute approximate surface area is 127 Å².